The molecule has 0 spiro atoms. The zero-order valence-electron chi connectivity index (χ0n) is 19.5. The maximum Gasteiger partial charge on any atom is 0.407 e. The standard InChI is InChI=1S/C25H33N3O5.ClH/c1-19(26)16-23(29)28-22(24(30)32-17-20-10-4-2-5-11-20)14-8-9-15-27-25(31)33-18-21-12-6-3-7-13-21;/h2-7,10-13,19,22H,8-9,14-18,26H2,1H3,(H,27,31)(H,28,29);1H/t19-,22-;/m0./s1. The van der Waals surface area contributed by atoms with Crippen LogP contribution >= 0.6 is 0 Å². The molecule has 8 nitrogen and oxygen atoms in total. The summed E-state index contributed by atoms with van der Waals surface area (Å²) in [5.41, 5.74) is 5.60. The zero-order chi connectivity index (χ0) is 23.9. The van der Waals surface area contributed by atoms with Crippen molar-refractivity contribution >= 4 is 18.0 Å². The first-order valence-corrected chi connectivity index (χ1v) is 11.2. The summed E-state index contributed by atoms with van der Waals surface area (Å²) in [5.74, 6) is -0.707. The molecule has 2 aromatic rings. The number of hydrogen-bond acceptors (Lipinski definition) is 5. The number of alkyl carbamates (subject to hydrolysis) is 1. The topological polar surface area (TPSA) is 121 Å². The molecule has 0 aliphatic heterocycles. The summed E-state index contributed by atoms with van der Waals surface area (Å²) in [6, 6.07) is 18.0. The van der Waals surface area contributed by atoms with E-state index in [1.54, 1.807) is 0 Å². The van der Waals surface area contributed by atoms with Crippen molar-refractivity contribution in [2.24, 2.45) is 0 Å². The third-order valence-electron chi connectivity index (χ3n) is 4.78. The Morgan fingerprint density at radius 1 is 0.882 bits per heavy atom. The smallest absolute Gasteiger partial charge is 0.407 e. The van der Waals surface area contributed by atoms with Gasteiger partial charge in [0.2, 0.25) is 5.91 Å². The van der Waals surface area contributed by atoms with Gasteiger partial charge in [0.05, 0.1) is 12.5 Å². The molecule has 0 fully saturated rings. The van der Waals surface area contributed by atoms with Crippen LogP contribution in [0.15, 0.2) is 60.7 Å². The average Bonchev–Trinajstić information content (AvgIpc) is 2.81. The number of amides is 2. The Balaban J connectivity index is 0.00000578. The second-order valence-electron chi connectivity index (χ2n) is 8.01. The van der Waals surface area contributed by atoms with Gasteiger partial charge in [-0.1, -0.05) is 60.7 Å². The lowest BCUT2D eigenvalue weighted by Gasteiger charge is -2.18. The molecule has 2 aromatic carbocycles. The van der Waals surface area contributed by atoms with Crippen molar-refractivity contribution in [3.05, 3.63) is 71.8 Å². The predicted molar refractivity (Wildman–Crippen MR) is 124 cm³/mol. The van der Waals surface area contributed by atoms with Crippen LogP contribution in [0.25, 0.3) is 0 Å². The molecular weight excluding hydrogens is 458 g/mol. The molecule has 2 amide bonds. The van der Waals surface area contributed by atoms with Crippen LogP contribution < -0.4 is 28.8 Å². The quantitative estimate of drug-likeness (QED) is 0.253. The van der Waals surface area contributed by atoms with Gasteiger partial charge < -0.3 is 38.2 Å². The molecular formula is C25H34ClN3O5. The molecule has 0 aromatic heterocycles. The lowest BCUT2D eigenvalue weighted by Crippen LogP contribution is -3.00. The van der Waals surface area contributed by atoms with Crippen LogP contribution in [0.2, 0.25) is 0 Å². The Kier molecular flexibility index (Phi) is 14.0. The second kappa shape index (κ2) is 16.5. The number of hydrogen-bond donors (Lipinski definition) is 3. The van der Waals surface area contributed by atoms with Crippen LogP contribution in [-0.4, -0.2) is 36.6 Å². The summed E-state index contributed by atoms with van der Waals surface area (Å²) in [6.07, 6.45) is 1.40. The van der Waals surface area contributed by atoms with Gasteiger partial charge in [0, 0.05) is 6.54 Å². The van der Waals surface area contributed by atoms with Crippen LogP contribution in [0.1, 0.15) is 43.7 Å². The second-order valence-corrected chi connectivity index (χ2v) is 8.01. The Hall–Kier alpha value is -3.10. The van der Waals surface area contributed by atoms with Gasteiger partial charge in [0.15, 0.2) is 0 Å². The van der Waals surface area contributed by atoms with E-state index in [1.165, 1.54) is 0 Å². The van der Waals surface area contributed by atoms with Crippen molar-refractivity contribution in [1.82, 2.24) is 10.6 Å². The number of carbonyl (C=O) groups is 3. The third-order valence-corrected chi connectivity index (χ3v) is 4.78. The third kappa shape index (κ3) is 12.2. The molecule has 5 N–H and O–H groups in total. The molecule has 0 saturated heterocycles. The Morgan fingerprint density at radius 2 is 1.44 bits per heavy atom. The van der Waals surface area contributed by atoms with Gasteiger partial charge >= 0.3 is 12.1 Å². The van der Waals surface area contributed by atoms with Gasteiger partial charge in [0.1, 0.15) is 19.3 Å². The molecule has 9 heteroatoms. The van der Waals surface area contributed by atoms with E-state index in [2.05, 4.69) is 16.4 Å². The fourth-order valence-electron chi connectivity index (χ4n) is 3.09. The van der Waals surface area contributed by atoms with Gasteiger partial charge in [-0.05, 0) is 37.3 Å². The minimum atomic E-state index is -0.745. The van der Waals surface area contributed by atoms with E-state index in [4.69, 9.17) is 9.47 Å². The number of rotatable bonds is 13. The maximum atomic E-state index is 12.6. The van der Waals surface area contributed by atoms with Crippen LogP contribution in [0.3, 0.4) is 0 Å². The first kappa shape index (κ1) is 28.9. The van der Waals surface area contributed by atoms with Gasteiger partial charge in [-0.25, -0.2) is 9.59 Å². The fourth-order valence-corrected chi connectivity index (χ4v) is 3.09. The number of carbonyl (C=O) groups excluding carboxylic acids is 3. The number of halogens is 1. The van der Waals surface area contributed by atoms with E-state index >= 15 is 0 Å². The molecule has 2 rings (SSSR count). The number of unbranched alkanes of at least 4 members (excludes halogenated alkanes) is 1. The molecule has 186 valence electrons. The Labute approximate surface area is 207 Å². The largest absolute Gasteiger partial charge is 1.00 e. The van der Waals surface area contributed by atoms with E-state index in [1.807, 2.05) is 67.6 Å². The molecule has 0 aliphatic rings. The number of esters is 1. The van der Waals surface area contributed by atoms with Crippen molar-refractivity contribution < 1.29 is 42.0 Å². The van der Waals surface area contributed by atoms with Crippen molar-refractivity contribution in [3.63, 3.8) is 0 Å². The summed E-state index contributed by atoms with van der Waals surface area (Å²) in [5, 5.41) is 5.45. The van der Waals surface area contributed by atoms with Crippen LogP contribution in [0.4, 0.5) is 4.79 Å². The van der Waals surface area contributed by atoms with Crippen molar-refractivity contribution in [2.75, 3.05) is 6.54 Å². The van der Waals surface area contributed by atoms with Crippen LogP contribution in [0, 0.1) is 0 Å². The molecule has 34 heavy (non-hydrogen) atoms. The van der Waals surface area contributed by atoms with E-state index in [-0.39, 0.29) is 44.0 Å². The van der Waals surface area contributed by atoms with Crippen molar-refractivity contribution in [3.8, 4) is 0 Å². The summed E-state index contributed by atoms with van der Waals surface area (Å²) in [4.78, 5) is 36.6. The fraction of sp³-hybridized carbons (Fsp3) is 0.400. The van der Waals surface area contributed by atoms with Crippen molar-refractivity contribution in [1.29, 1.82) is 0 Å². The van der Waals surface area contributed by atoms with Gasteiger partial charge in [0.25, 0.3) is 0 Å². The molecule has 0 bridgehead atoms. The van der Waals surface area contributed by atoms with E-state index in [9.17, 15) is 14.4 Å². The lowest BCUT2D eigenvalue weighted by molar-refractivity contribution is -0.412. The molecule has 0 aliphatic carbocycles. The number of ether oxygens (including phenoxy) is 2. The lowest BCUT2D eigenvalue weighted by atomic mass is 10.1. The Bertz CT molecular complexity index is 865. The highest BCUT2D eigenvalue weighted by Crippen LogP contribution is 2.07. The summed E-state index contributed by atoms with van der Waals surface area (Å²) < 4.78 is 10.6. The zero-order valence-corrected chi connectivity index (χ0v) is 20.3. The molecule has 0 unspecified atom stereocenters. The maximum absolute atomic E-state index is 12.6. The minimum absolute atomic E-state index is 0. The molecule has 0 saturated carbocycles. The summed E-state index contributed by atoms with van der Waals surface area (Å²) in [7, 11) is 0. The van der Waals surface area contributed by atoms with Crippen LogP contribution in [-0.2, 0) is 32.3 Å². The number of benzene rings is 2. The van der Waals surface area contributed by atoms with Gasteiger partial charge in [-0.2, -0.15) is 0 Å². The molecule has 0 heterocycles. The highest BCUT2D eigenvalue weighted by molar-refractivity contribution is 5.84. The van der Waals surface area contributed by atoms with Gasteiger partial charge in [-0.3, -0.25) is 4.79 Å². The minimum Gasteiger partial charge on any atom is -1.00 e. The van der Waals surface area contributed by atoms with E-state index in [0.717, 1.165) is 11.1 Å². The normalized spacial score (nSPS) is 11.9. The summed E-state index contributed by atoms with van der Waals surface area (Å²) >= 11 is 0. The van der Waals surface area contributed by atoms with E-state index in [0.29, 0.717) is 25.8 Å². The number of quaternary nitrogens is 1. The van der Waals surface area contributed by atoms with Crippen LogP contribution in [0.5, 0.6) is 0 Å². The summed E-state index contributed by atoms with van der Waals surface area (Å²) in [6.45, 7) is 2.60. The molecule has 2 atom stereocenters. The predicted octanol–water partition coefficient (Wildman–Crippen LogP) is -0.664. The number of nitrogens with one attached hydrogen (secondary N) is 2. The monoisotopic (exact) mass is 491 g/mol. The van der Waals surface area contributed by atoms with Crippen molar-refractivity contribution in [2.45, 2.75) is 57.9 Å². The SMILES string of the molecule is C[C@H]([NH3+])CC(=O)N[C@@H](CCCCNC(=O)OCc1ccccc1)C(=O)OCc1ccccc1.[Cl-]. The Morgan fingerprint density at radius 3 is 2.00 bits per heavy atom. The first-order chi connectivity index (χ1) is 15.9. The highest BCUT2D eigenvalue weighted by Gasteiger charge is 2.23. The molecule has 0 radical (unpaired) electrons. The van der Waals surface area contributed by atoms with Gasteiger partial charge in [-0.15, -0.1) is 0 Å². The first-order valence-electron chi connectivity index (χ1n) is 11.2. The average molecular weight is 492 g/mol. The highest BCUT2D eigenvalue weighted by atomic mass is 35.5. The van der Waals surface area contributed by atoms with E-state index < -0.39 is 18.1 Å².